The van der Waals surface area contributed by atoms with Crippen molar-refractivity contribution in [2.24, 2.45) is 0 Å². The fraction of sp³-hybridized carbons (Fsp3) is 0.429. The minimum Gasteiger partial charge on any atom is -0.354 e. The van der Waals surface area contributed by atoms with E-state index in [1.165, 1.54) is 12.1 Å². The van der Waals surface area contributed by atoms with E-state index in [1.54, 1.807) is 23.1 Å². The third-order valence-electron chi connectivity index (χ3n) is 3.35. The van der Waals surface area contributed by atoms with E-state index in [0.29, 0.717) is 26.2 Å². The van der Waals surface area contributed by atoms with E-state index < -0.39 is 9.84 Å². The van der Waals surface area contributed by atoms with Crippen LogP contribution < -0.4 is 10.6 Å². The second-order valence-corrected chi connectivity index (χ2v) is 7.06. The normalized spacial score (nSPS) is 14.7. The number of nitrogens with zero attached hydrogens (tertiary/aromatic N) is 1. The van der Waals surface area contributed by atoms with Gasteiger partial charge in [-0.05, 0) is 12.1 Å². The smallest absolute Gasteiger partial charge is 0.317 e. The monoisotopic (exact) mass is 325 g/mol. The number of hydrogen-bond donors (Lipinski definition) is 2. The predicted molar refractivity (Wildman–Crippen MR) is 81.1 cm³/mol. The molecule has 0 radical (unpaired) electrons. The maximum Gasteiger partial charge on any atom is 0.317 e. The summed E-state index contributed by atoms with van der Waals surface area (Å²) >= 11 is 0. The van der Waals surface area contributed by atoms with Gasteiger partial charge in [-0.15, -0.1) is 0 Å². The summed E-state index contributed by atoms with van der Waals surface area (Å²) in [5, 5.41) is 5.30. The van der Waals surface area contributed by atoms with E-state index in [4.69, 9.17) is 0 Å². The Kier molecular flexibility index (Phi) is 5.37. The van der Waals surface area contributed by atoms with Gasteiger partial charge in [0.05, 0.1) is 10.6 Å². The molecule has 1 aliphatic rings. The highest BCUT2D eigenvalue weighted by molar-refractivity contribution is 7.91. The van der Waals surface area contributed by atoms with Gasteiger partial charge < -0.3 is 15.5 Å². The first kappa shape index (κ1) is 16.3. The Hall–Kier alpha value is -2.09. The quantitative estimate of drug-likeness (QED) is 0.737. The summed E-state index contributed by atoms with van der Waals surface area (Å²) in [6, 6.07) is 7.92. The van der Waals surface area contributed by atoms with E-state index in [2.05, 4.69) is 10.6 Å². The molecule has 0 unspecified atom stereocenters. The molecule has 1 saturated heterocycles. The van der Waals surface area contributed by atoms with Gasteiger partial charge in [0.1, 0.15) is 0 Å². The summed E-state index contributed by atoms with van der Waals surface area (Å²) < 4.78 is 24.0. The molecule has 1 heterocycles. The zero-order valence-corrected chi connectivity index (χ0v) is 12.9. The highest BCUT2D eigenvalue weighted by Crippen LogP contribution is 2.10. The van der Waals surface area contributed by atoms with Crippen LogP contribution in [0.25, 0.3) is 0 Å². The first-order valence-corrected chi connectivity index (χ1v) is 8.71. The summed E-state index contributed by atoms with van der Waals surface area (Å²) in [4.78, 5) is 24.8. The van der Waals surface area contributed by atoms with Crippen molar-refractivity contribution in [2.75, 3.05) is 31.9 Å². The molecule has 2 rings (SSSR count). The van der Waals surface area contributed by atoms with E-state index in [9.17, 15) is 18.0 Å². The molecule has 22 heavy (non-hydrogen) atoms. The number of nitrogens with one attached hydrogen (secondary N) is 2. The summed E-state index contributed by atoms with van der Waals surface area (Å²) in [6.45, 7) is 1.97. The van der Waals surface area contributed by atoms with Crippen LogP contribution in [0.2, 0.25) is 0 Å². The number of sulfone groups is 1. The van der Waals surface area contributed by atoms with E-state index in [-0.39, 0.29) is 29.0 Å². The first-order valence-electron chi connectivity index (χ1n) is 7.06. The second kappa shape index (κ2) is 7.26. The van der Waals surface area contributed by atoms with Crippen molar-refractivity contribution in [3.8, 4) is 0 Å². The molecule has 1 aliphatic heterocycles. The molecule has 1 aromatic carbocycles. The largest absolute Gasteiger partial charge is 0.354 e. The molecule has 0 aliphatic carbocycles. The van der Waals surface area contributed by atoms with Gasteiger partial charge in [-0.25, -0.2) is 13.2 Å². The third-order valence-corrected chi connectivity index (χ3v) is 5.08. The zero-order valence-electron chi connectivity index (χ0n) is 12.1. The van der Waals surface area contributed by atoms with Crippen molar-refractivity contribution in [3.05, 3.63) is 30.3 Å². The lowest BCUT2D eigenvalue weighted by Gasteiger charge is -2.14. The molecular formula is C14H19N3O4S. The average molecular weight is 325 g/mol. The summed E-state index contributed by atoms with van der Waals surface area (Å²) in [7, 11) is -3.44. The SMILES string of the molecule is O=C(CCS(=O)(=O)c1ccccc1)NCCN1CCNC1=O. The number of carbonyl (C=O) groups is 2. The molecule has 0 bridgehead atoms. The molecule has 8 heteroatoms. The number of rotatable bonds is 7. The first-order chi connectivity index (χ1) is 10.5. The van der Waals surface area contributed by atoms with Crippen LogP contribution in [0.3, 0.4) is 0 Å². The summed E-state index contributed by atoms with van der Waals surface area (Å²) in [6.07, 6.45) is -0.0938. The lowest BCUT2D eigenvalue weighted by molar-refractivity contribution is -0.120. The van der Waals surface area contributed by atoms with Gasteiger partial charge in [0.15, 0.2) is 9.84 Å². The van der Waals surface area contributed by atoms with Crippen molar-refractivity contribution >= 4 is 21.8 Å². The maximum absolute atomic E-state index is 12.0. The molecule has 0 spiro atoms. The minimum atomic E-state index is -3.44. The molecule has 0 atom stereocenters. The number of hydrogen-bond acceptors (Lipinski definition) is 4. The molecular weight excluding hydrogens is 306 g/mol. The van der Waals surface area contributed by atoms with Crippen LogP contribution in [-0.2, 0) is 14.6 Å². The number of benzene rings is 1. The van der Waals surface area contributed by atoms with Gasteiger partial charge in [-0.3, -0.25) is 4.79 Å². The molecule has 3 amide bonds. The molecule has 1 fully saturated rings. The Bertz CT molecular complexity index is 631. The van der Waals surface area contributed by atoms with Crippen LogP contribution in [0.15, 0.2) is 35.2 Å². The van der Waals surface area contributed by atoms with Gasteiger partial charge in [-0.1, -0.05) is 18.2 Å². The molecule has 7 nitrogen and oxygen atoms in total. The lowest BCUT2D eigenvalue weighted by Crippen LogP contribution is -2.37. The number of urea groups is 1. The summed E-state index contributed by atoms with van der Waals surface area (Å²) in [5.41, 5.74) is 0. The van der Waals surface area contributed by atoms with Crippen LogP contribution in [0.4, 0.5) is 4.79 Å². The van der Waals surface area contributed by atoms with Crippen LogP contribution in [0.1, 0.15) is 6.42 Å². The van der Waals surface area contributed by atoms with E-state index in [1.807, 2.05) is 0 Å². The van der Waals surface area contributed by atoms with Crippen molar-refractivity contribution in [1.29, 1.82) is 0 Å². The van der Waals surface area contributed by atoms with Crippen LogP contribution >= 0.6 is 0 Å². The van der Waals surface area contributed by atoms with Gasteiger partial charge in [0, 0.05) is 32.6 Å². The third kappa shape index (κ3) is 4.45. The van der Waals surface area contributed by atoms with Crippen LogP contribution in [0.5, 0.6) is 0 Å². The van der Waals surface area contributed by atoms with Gasteiger partial charge in [0.2, 0.25) is 5.91 Å². The van der Waals surface area contributed by atoms with Crippen molar-refractivity contribution < 1.29 is 18.0 Å². The summed E-state index contributed by atoms with van der Waals surface area (Å²) in [5.74, 6) is -0.563. The standard InChI is InChI=1S/C14H19N3O4S/c18-13(15-7-9-17-10-8-16-14(17)19)6-11-22(20,21)12-4-2-1-3-5-12/h1-5H,6-11H2,(H,15,18)(H,16,19). The zero-order chi connectivity index (χ0) is 16.0. The van der Waals surface area contributed by atoms with Gasteiger partial charge >= 0.3 is 6.03 Å². The molecule has 120 valence electrons. The number of carbonyl (C=O) groups excluding carboxylic acids is 2. The Morgan fingerprint density at radius 2 is 2.00 bits per heavy atom. The van der Waals surface area contributed by atoms with Crippen LogP contribution in [0, 0.1) is 0 Å². The van der Waals surface area contributed by atoms with Crippen molar-refractivity contribution in [2.45, 2.75) is 11.3 Å². The highest BCUT2D eigenvalue weighted by atomic mass is 32.2. The maximum atomic E-state index is 12.0. The Morgan fingerprint density at radius 1 is 1.27 bits per heavy atom. The fourth-order valence-electron chi connectivity index (χ4n) is 2.12. The fourth-order valence-corrected chi connectivity index (χ4v) is 3.38. The van der Waals surface area contributed by atoms with Crippen molar-refractivity contribution in [1.82, 2.24) is 15.5 Å². The molecule has 2 N–H and O–H groups in total. The van der Waals surface area contributed by atoms with E-state index in [0.717, 1.165) is 0 Å². The molecule has 1 aromatic rings. The van der Waals surface area contributed by atoms with Gasteiger partial charge in [-0.2, -0.15) is 0 Å². The van der Waals surface area contributed by atoms with E-state index >= 15 is 0 Å². The number of amides is 3. The molecule has 0 aromatic heterocycles. The Balaban J connectivity index is 1.72. The van der Waals surface area contributed by atoms with Crippen LogP contribution in [-0.4, -0.2) is 57.2 Å². The lowest BCUT2D eigenvalue weighted by atomic mass is 10.4. The average Bonchev–Trinajstić information content (AvgIpc) is 2.92. The Labute approximate surface area is 129 Å². The minimum absolute atomic E-state index is 0.0938. The van der Waals surface area contributed by atoms with Gasteiger partial charge in [0.25, 0.3) is 0 Å². The van der Waals surface area contributed by atoms with Crippen molar-refractivity contribution in [3.63, 3.8) is 0 Å². The molecule has 0 saturated carbocycles. The topological polar surface area (TPSA) is 95.6 Å². The predicted octanol–water partition coefficient (Wildman–Crippen LogP) is -0.00820. The highest BCUT2D eigenvalue weighted by Gasteiger charge is 2.19. The second-order valence-electron chi connectivity index (χ2n) is 4.95. The Morgan fingerprint density at radius 3 is 2.64 bits per heavy atom.